The molecule has 11 heteroatoms. The van der Waals surface area contributed by atoms with Crippen molar-refractivity contribution < 1.29 is 9.90 Å². The van der Waals surface area contributed by atoms with Crippen molar-refractivity contribution in [2.45, 2.75) is 18.0 Å². The molecule has 0 spiro atoms. The molecule has 3 aromatic heterocycles. The molecule has 0 aliphatic carbocycles. The van der Waals surface area contributed by atoms with E-state index in [1.54, 1.807) is 18.3 Å². The smallest absolute Gasteiger partial charge is 0.337 e. The van der Waals surface area contributed by atoms with E-state index in [0.717, 1.165) is 66.5 Å². The van der Waals surface area contributed by atoms with Crippen LogP contribution in [0.2, 0.25) is 0 Å². The zero-order valence-corrected chi connectivity index (χ0v) is 20.0. The second-order valence-corrected chi connectivity index (χ2v) is 9.22. The zero-order valence-electron chi connectivity index (χ0n) is 19.2. The topological polar surface area (TPSA) is 132 Å². The molecule has 0 amide bonds. The fourth-order valence-corrected chi connectivity index (χ4v) is 4.53. The number of aromatic carboxylic acids is 1. The number of nitrogens with zero attached hydrogens (tertiary/aromatic N) is 5. The molecule has 35 heavy (non-hydrogen) atoms. The summed E-state index contributed by atoms with van der Waals surface area (Å²) in [6.45, 7) is 2.59. The average Bonchev–Trinajstić information content (AvgIpc) is 3.36. The molecule has 0 bridgehead atoms. The molecule has 1 aliphatic heterocycles. The van der Waals surface area contributed by atoms with Gasteiger partial charge in [0, 0.05) is 43.0 Å². The molecule has 0 saturated carbocycles. The summed E-state index contributed by atoms with van der Waals surface area (Å²) in [7, 11) is 0. The number of nitrogens with one attached hydrogen (secondary N) is 3. The van der Waals surface area contributed by atoms with Crippen LogP contribution in [0.1, 0.15) is 23.2 Å². The standard InChI is InChI=1S/C24H26N8O2S/c1-35-24-29-20(11-21(30-24)28-18-3-4-19-17(10-18)14-27-31-19)25-12-15-6-8-32(9-7-15)22-5-2-16(13-26-22)23(33)34/h2-5,10-11,13-15H,6-9,12H2,1H3,(H,27,31)(H,33,34)(H2,25,28,29,30). The van der Waals surface area contributed by atoms with Gasteiger partial charge in [0.25, 0.3) is 0 Å². The number of hydrogen-bond acceptors (Lipinski definition) is 9. The van der Waals surface area contributed by atoms with Gasteiger partial charge < -0.3 is 20.6 Å². The molecule has 4 N–H and O–H groups in total. The molecule has 10 nitrogen and oxygen atoms in total. The number of H-pyrrole nitrogens is 1. The van der Waals surface area contributed by atoms with E-state index in [1.807, 2.05) is 30.5 Å². The van der Waals surface area contributed by atoms with E-state index in [4.69, 9.17) is 5.11 Å². The summed E-state index contributed by atoms with van der Waals surface area (Å²) < 4.78 is 0. The highest BCUT2D eigenvalue weighted by Crippen LogP contribution is 2.25. The van der Waals surface area contributed by atoms with Crippen LogP contribution < -0.4 is 15.5 Å². The summed E-state index contributed by atoms with van der Waals surface area (Å²) >= 11 is 1.51. The normalized spacial score (nSPS) is 14.3. The SMILES string of the molecule is CSc1nc(NCC2CCN(c3ccc(C(=O)O)cn3)CC2)cc(Nc2ccc3[nH]ncc3c2)n1. The van der Waals surface area contributed by atoms with Crippen LogP contribution in [0.25, 0.3) is 10.9 Å². The molecular weight excluding hydrogens is 464 g/mol. The van der Waals surface area contributed by atoms with Gasteiger partial charge in [-0.2, -0.15) is 5.10 Å². The number of pyridine rings is 1. The van der Waals surface area contributed by atoms with E-state index < -0.39 is 5.97 Å². The van der Waals surface area contributed by atoms with Crippen LogP contribution in [0.3, 0.4) is 0 Å². The number of rotatable bonds is 8. The number of aromatic nitrogens is 5. The van der Waals surface area contributed by atoms with Crippen LogP contribution in [-0.2, 0) is 0 Å². The van der Waals surface area contributed by atoms with Crippen LogP contribution in [0.5, 0.6) is 0 Å². The van der Waals surface area contributed by atoms with Gasteiger partial charge in [-0.25, -0.2) is 19.7 Å². The molecule has 1 aliphatic rings. The Morgan fingerprint density at radius 2 is 1.97 bits per heavy atom. The van der Waals surface area contributed by atoms with Crippen molar-refractivity contribution >= 4 is 51.8 Å². The number of carboxylic acids is 1. The minimum Gasteiger partial charge on any atom is -0.478 e. The van der Waals surface area contributed by atoms with Crippen molar-refractivity contribution in [1.29, 1.82) is 0 Å². The van der Waals surface area contributed by atoms with Gasteiger partial charge in [0.1, 0.15) is 17.5 Å². The third-order valence-corrected chi connectivity index (χ3v) is 6.65. The number of hydrogen-bond donors (Lipinski definition) is 4. The second kappa shape index (κ2) is 10.2. The van der Waals surface area contributed by atoms with Gasteiger partial charge in [0.05, 0.1) is 17.3 Å². The van der Waals surface area contributed by atoms with Crippen molar-refractivity contribution in [1.82, 2.24) is 25.1 Å². The highest BCUT2D eigenvalue weighted by Gasteiger charge is 2.20. The third kappa shape index (κ3) is 5.46. The first-order chi connectivity index (χ1) is 17.1. The summed E-state index contributed by atoms with van der Waals surface area (Å²) in [5.41, 5.74) is 2.13. The summed E-state index contributed by atoms with van der Waals surface area (Å²) in [6, 6.07) is 11.3. The molecule has 4 heterocycles. The first-order valence-electron chi connectivity index (χ1n) is 11.4. The lowest BCUT2D eigenvalue weighted by Gasteiger charge is -2.33. The van der Waals surface area contributed by atoms with Gasteiger partial charge in [-0.1, -0.05) is 11.8 Å². The number of aromatic amines is 1. The molecule has 5 rings (SSSR count). The van der Waals surface area contributed by atoms with E-state index in [9.17, 15) is 4.79 Å². The van der Waals surface area contributed by atoms with Crippen molar-refractivity contribution in [3.8, 4) is 0 Å². The van der Waals surface area contributed by atoms with Gasteiger partial charge in [-0.15, -0.1) is 0 Å². The van der Waals surface area contributed by atoms with E-state index in [0.29, 0.717) is 11.1 Å². The van der Waals surface area contributed by atoms with Gasteiger partial charge in [0.15, 0.2) is 5.16 Å². The molecule has 1 saturated heterocycles. The van der Waals surface area contributed by atoms with Crippen LogP contribution >= 0.6 is 11.8 Å². The maximum atomic E-state index is 11.0. The largest absolute Gasteiger partial charge is 0.478 e. The minimum absolute atomic E-state index is 0.207. The lowest BCUT2D eigenvalue weighted by atomic mass is 9.97. The van der Waals surface area contributed by atoms with Crippen molar-refractivity contribution in [3.63, 3.8) is 0 Å². The van der Waals surface area contributed by atoms with Crippen molar-refractivity contribution in [2.75, 3.05) is 41.4 Å². The maximum absolute atomic E-state index is 11.0. The molecule has 180 valence electrons. The fourth-order valence-electron chi connectivity index (χ4n) is 4.15. The number of thioether (sulfide) groups is 1. The molecule has 1 aromatic carbocycles. The van der Waals surface area contributed by atoms with Gasteiger partial charge in [0.2, 0.25) is 0 Å². The average molecular weight is 491 g/mol. The monoisotopic (exact) mass is 490 g/mol. The second-order valence-electron chi connectivity index (χ2n) is 8.44. The Morgan fingerprint density at radius 1 is 1.14 bits per heavy atom. The highest BCUT2D eigenvalue weighted by atomic mass is 32.2. The number of carbonyl (C=O) groups is 1. The van der Waals surface area contributed by atoms with E-state index in [1.165, 1.54) is 18.0 Å². The Kier molecular flexibility index (Phi) is 6.66. The zero-order chi connectivity index (χ0) is 24.2. The van der Waals surface area contributed by atoms with E-state index in [-0.39, 0.29) is 5.56 Å². The Balaban J connectivity index is 1.18. The van der Waals surface area contributed by atoms with Crippen molar-refractivity contribution in [3.05, 3.63) is 54.4 Å². The number of anilines is 4. The number of fused-ring (bicyclic) bond motifs is 1. The van der Waals surface area contributed by atoms with Crippen molar-refractivity contribution in [2.24, 2.45) is 5.92 Å². The van der Waals surface area contributed by atoms with Crippen LogP contribution in [-0.4, -0.2) is 62.1 Å². The molecule has 0 atom stereocenters. The van der Waals surface area contributed by atoms with E-state index >= 15 is 0 Å². The van der Waals surface area contributed by atoms with E-state index in [2.05, 4.69) is 40.7 Å². The van der Waals surface area contributed by atoms with Crippen LogP contribution in [0.15, 0.2) is 53.9 Å². The lowest BCUT2D eigenvalue weighted by Crippen LogP contribution is -2.36. The summed E-state index contributed by atoms with van der Waals surface area (Å²) in [5.74, 6) is 1.91. The summed E-state index contributed by atoms with van der Waals surface area (Å²) in [4.78, 5) is 26.8. The predicted molar refractivity (Wildman–Crippen MR) is 138 cm³/mol. The first kappa shape index (κ1) is 22.9. The van der Waals surface area contributed by atoms with Crippen LogP contribution in [0, 0.1) is 5.92 Å². The Labute approximate surface area is 206 Å². The number of piperidine rings is 1. The third-order valence-electron chi connectivity index (χ3n) is 6.11. The van der Waals surface area contributed by atoms with Gasteiger partial charge in [-0.05, 0) is 55.3 Å². The highest BCUT2D eigenvalue weighted by molar-refractivity contribution is 7.98. The molecule has 0 unspecified atom stereocenters. The number of carboxylic acid groups (broad SMARTS) is 1. The predicted octanol–water partition coefficient (Wildman–Crippen LogP) is 4.24. The Bertz CT molecular complexity index is 1320. The fraction of sp³-hybridized carbons (Fsp3) is 0.292. The molecular formula is C24H26N8O2S. The molecule has 0 radical (unpaired) electrons. The molecule has 1 fully saturated rings. The Morgan fingerprint density at radius 3 is 2.71 bits per heavy atom. The molecule has 4 aromatic rings. The summed E-state index contributed by atoms with van der Waals surface area (Å²) in [6.07, 6.45) is 7.22. The quantitative estimate of drug-likeness (QED) is 0.210. The Hall–Kier alpha value is -3.86. The first-order valence-corrected chi connectivity index (χ1v) is 12.6. The van der Waals surface area contributed by atoms with Crippen LogP contribution in [0.4, 0.5) is 23.1 Å². The maximum Gasteiger partial charge on any atom is 0.337 e. The van der Waals surface area contributed by atoms with Gasteiger partial charge >= 0.3 is 5.97 Å². The van der Waals surface area contributed by atoms with Gasteiger partial charge in [-0.3, -0.25) is 5.10 Å². The minimum atomic E-state index is -0.958. The number of benzene rings is 1. The lowest BCUT2D eigenvalue weighted by molar-refractivity contribution is 0.0696. The summed E-state index contributed by atoms with van der Waals surface area (Å²) in [5, 5.41) is 24.7.